The van der Waals surface area contributed by atoms with Gasteiger partial charge in [-0.2, -0.15) is 0 Å². The molecule has 1 aromatic carbocycles. The summed E-state index contributed by atoms with van der Waals surface area (Å²) in [6.07, 6.45) is 3.83. The van der Waals surface area contributed by atoms with Gasteiger partial charge in [-0.15, -0.1) is 0 Å². The van der Waals surface area contributed by atoms with Crippen LogP contribution >= 0.6 is 0 Å². The highest BCUT2D eigenvalue weighted by Crippen LogP contribution is 2.25. The summed E-state index contributed by atoms with van der Waals surface area (Å²) in [6.45, 7) is 0.0272. The van der Waals surface area contributed by atoms with Crippen LogP contribution in [0.4, 0.5) is 0 Å². The van der Waals surface area contributed by atoms with Crippen LogP contribution in [-0.2, 0) is 6.73 Å². The minimum atomic E-state index is 0.0272. The first-order valence-electron chi connectivity index (χ1n) is 4.56. The summed E-state index contributed by atoms with van der Waals surface area (Å²) < 4.78 is 1.82. The standard InChI is InChI=1S/C11H10N2O/c14-7-13-6-4-9-8-3-5-12-10(8)1-2-11(9)13/h1-6,12,14H,7H2. The molecule has 3 heteroatoms. The Balaban J connectivity index is 2.52. The Morgan fingerprint density at radius 3 is 2.93 bits per heavy atom. The molecule has 0 amide bonds. The maximum Gasteiger partial charge on any atom is 0.119 e. The monoisotopic (exact) mass is 186 g/mol. The van der Waals surface area contributed by atoms with Gasteiger partial charge in [0, 0.05) is 28.7 Å². The van der Waals surface area contributed by atoms with Gasteiger partial charge in [0.1, 0.15) is 6.73 Å². The Morgan fingerprint density at radius 2 is 2.07 bits per heavy atom. The number of fused-ring (bicyclic) bond motifs is 3. The SMILES string of the molecule is OCn1ccc2c3cc[nH]c3ccc21. The number of benzene rings is 1. The first-order chi connectivity index (χ1) is 6.90. The number of aromatic amines is 1. The molecule has 2 heterocycles. The number of H-pyrrole nitrogens is 1. The van der Waals surface area contributed by atoms with Crippen molar-refractivity contribution < 1.29 is 5.11 Å². The summed E-state index contributed by atoms with van der Waals surface area (Å²) in [5.41, 5.74) is 2.20. The van der Waals surface area contributed by atoms with Gasteiger partial charge < -0.3 is 14.7 Å². The predicted octanol–water partition coefficient (Wildman–Crippen LogP) is 2.07. The van der Waals surface area contributed by atoms with Gasteiger partial charge in [-0.25, -0.2) is 0 Å². The van der Waals surface area contributed by atoms with E-state index >= 15 is 0 Å². The highest BCUT2D eigenvalue weighted by molar-refractivity contribution is 6.05. The van der Waals surface area contributed by atoms with Crippen LogP contribution in [0.25, 0.3) is 21.8 Å². The van der Waals surface area contributed by atoms with Crippen LogP contribution in [0.15, 0.2) is 36.7 Å². The number of aliphatic hydroxyl groups excluding tert-OH is 1. The second kappa shape index (κ2) is 2.62. The number of aliphatic hydroxyl groups is 1. The lowest BCUT2D eigenvalue weighted by Gasteiger charge is -1.99. The molecular weight excluding hydrogens is 176 g/mol. The summed E-state index contributed by atoms with van der Waals surface area (Å²) in [7, 11) is 0. The fourth-order valence-corrected chi connectivity index (χ4v) is 1.94. The topological polar surface area (TPSA) is 41.0 Å². The molecule has 3 rings (SSSR count). The highest BCUT2D eigenvalue weighted by Gasteiger charge is 2.04. The quantitative estimate of drug-likeness (QED) is 0.600. The van der Waals surface area contributed by atoms with E-state index in [1.165, 1.54) is 10.8 Å². The van der Waals surface area contributed by atoms with Crippen LogP contribution < -0.4 is 0 Å². The van der Waals surface area contributed by atoms with Crippen molar-refractivity contribution in [3.05, 3.63) is 36.7 Å². The summed E-state index contributed by atoms with van der Waals surface area (Å²) in [6, 6.07) is 8.13. The Bertz CT molecular complexity index is 591. The lowest BCUT2D eigenvalue weighted by molar-refractivity contribution is 0.215. The van der Waals surface area contributed by atoms with Crippen molar-refractivity contribution in [2.45, 2.75) is 6.73 Å². The van der Waals surface area contributed by atoms with E-state index in [1.54, 1.807) is 0 Å². The van der Waals surface area contributed by atoms with E-state index in [1.807, 2.05) is 35.2 Å². The number of hydrogen-bond acceptors (Lipinski definition) is 1. The first kappa shape index (κ1) is 7.64. The second-order valence-corrected chi connectivity index (χ2v) is 3.36. The van der Waals surface area contributed by atoms with Crippen molar-refractivity contribution in [3.63, 3.8) is 0 Å². The van der Waals surface area contributed by atoms with Crippen molar-refractivity contribution in [2.75, 3.05) is 0 Å². The maximum atomic E-state index is 9.10. The summed E-state index contributed by atoms with van der Waals surface area (Å²) in [5, 5.41) is 11.5. The van der Waals surface area contributed by atoms with Crippen LogP contribution in [-0.4, -0.2) is 14.7 Å². The third-order valence-corrected chi connectivity index (χ3v) is 2.64. The molecule has 2 N–H and O–H groups in total. The third kappa shape index (κ3) is 0.845. The zero-order chi connectivity index (χ0) is 9.54. The molecule has 0 bridgehead atoms. The summed E-state index contributed by atoms with van der Waals surface area (Å²) in [4.78, 5) is 3.17. The minimum absolute atomic E-state index is 0.0272. The van der Waals surface area contributed by atoms with Gasteiger partial charge in [-0.05, 0) is 24.3 Å². The first-order valence-corrected chi connectivity index (χ1v) is 4.56. The van der Waals surface area contributed by atoms with Crippen molar-refractivity contribution in [1.29, 1.82) is 0 Å². The van der Waals surface area contributed by atoms with Crippen LogP contribution in [0, 0.1) is 0 Å². The molecule has 0 saturated carbocycles. The van der Waals surface area contributed by atoms with Crippen LogP contribution in [0.3, 0.4) is 0 Å². The highest BCUT2D eigenvalue weighted by atomic mass is 16.3. The molecule has 0 unspecified atom stereocenters. The average molecular weight is 186 g/mol. The molecule has 0 saturated heterocycles. The van der Waals surface area contributed by atoms with Crippen molar-refractivity contribution in [1.82, 2.24) is 9.55 Å². The number of aromatic nitrogens is 2. The molecule has 70 valence electrons. The second-order valence-electron chi connectivity index (χ2n) is 3.36. The Morgan fingerprint density at radius 1 is 1.14 bits per heavy atom. The Labute approximate surface area is 80.6 Å². The van der Waals surface area contributed by atoms with Crippen LogP contribution in [0.2, 0.25) is 0 Å². The van der Waals surface area contributed by atoms with E-state index in [-0.39, 0.29) is 6.73 Å². The van der Waals surface area contributed by atoms with E-state index in [2.05, 4.69) is 11.1 Å². The van der Waals surface area contributed by atoms with Gasteiger partial charge in [0.05, 0.1) is 5.52 Å². The molecule has 2 aromatic heterocycles. The van der Waals surface area contributed by atoms with Crippen molar-refractivity contribution in [3.8, 4) is 0 Å². The largest absolute Gasteiger partial charge is 0.376 e. The lowest BCUT2D eigenvalue weighted by atomic mass is 10.2. The fraction of sp³-hybridized carbons (Fsp3) is 0.0909. The zero-order valence-corrected chi connectivity index (χ0v) is 7.57. The molecule has 0 fully saturated rings. The minimum Gasteiger partial charge on any atom is -0.376 e. The van der Waals surface area contributed by atoms with Crippen molar-refractivity contribution in [2.24, 2.45) is 0 Å². The fourth-order valence-electron chi connectivity index (χ4n) is 1.94. The van der Waals surface area contributed by atoms with E-state index in [0.717, 1.165) is 11.0 Å². The van der Waals surface area contributed by atoms with Gasteiger partial charge in [0.2, 0.25) is 0 Å². The van der Waals surface area contributed by atoms with Crippen LogP contribution in [0.5, 0.6) is 0 Å². The molecule has 3 aromatic rings. The number of nitrogens with zero attached hydrogens (tertiary/aromatic N) is 1. The molecular formula is C11H10N2O. The molecule has 0 atom stereocenters. The molecule has 0 radical (unpaired) electrons. The normalized spacial score (nSPS) is 11.5. The Kier molecular flexibility index (Phi) is 1.43. The van der Waals surface area contributed by atoms with E-state index in [4.69, 9.17) is 5.11 Å². The molecule has 14 heavy (non-hydrogen) atoms. The Hall–Kier alpha value is -1.74. The van der Waals surface area contributed by atoms with E-state index in [0.29, 0.717) is 0 Å². The zero-order valence-electron chi connectivity index (χ0n) is 7.57. The summed E-state index contributed by atoms with van der Waals surface area (Å²) >= 11 is 0. The molecule has 0 aliphatic rings. The predicted molar refractivity (Wildman–Crippen MR) is 56.0 cm³/mol. The van der Waals surface area contributed by atoms with Crippen LogP contribution in [0.1, 0.15) is 0 Å². The van der Waals surface area contributed by atoms with Gasteiger partial charge in [0.25, 0.3) is 0 Å². The van der Waals surface area contributed by atoms with Gasteiger partial charge in [-0.1, -0.05) is 0 Å². The summed E-state index contributed by atoms with van der Waals surface area (Å²) in [5.74, 6) is 0. The molecule has 0 spiro atoms. The van der Waals surface area contributed by atoms with Gasteiger partial charge in [-0.3, -0.25) is 0 Å². The van der Waals surface area contributed by atoms with Gasteiger partial charge in [0.15, 0.2) is 0 Å². The molecule has 0 aliphatic heterocycles. The van der Waals surface area contributed by atoms with E-state index in [9.17, 15) is 0 Å². The average Bonchev–Trinajstić information content (AvgIpc) is 2.82. The number of hydrogen-bond donors (Lipinski definition) is 2. The van der Waals surface area contributed by atoms with E-state index < -0.39 is 0 Å². The van der Waals surface area contributed by atoms with Crippen molar-refractivity contribution >= 4 is 21.8 Å². The maximum absolute atomic E-state index is 9.10. The smallest absolute Gasteiger partial charge is 0.119 e. The lowest BCUT2D eigenvalue weighted by Crippen LogP contribution is -1.92. The number of nitrogens with one attached hydrogen (secondary N) is 1. The molecule has 3 nitrogen and oxygen atoms in total. The van der Waals surface area contributed by atoms with Gasteiger partial charge >= 0.3 is 0 Å². The molecule has 0 aliphatic carbocycles. The third-order valence-electron chi connectivity index (χ3n) is 2.64. The number of rotatable bonds is 1.